The molecular formula is C26H22FNO5. The van der Waals surface area contributed by atoms with Gasteiger partial charge >= 0.3 is 5.97 Å². The first-order valence-electron chi connectivity index (χ1n) is 10.5. The predicted molar refractivity (Wildman–Crippen MR) is 122 cm³/mol. The molecule has 0 bridgehead atoms. The number of ether oxygens (including phenoxy) is 1. The minimum atomic E-state index is -0.402. The second-order valence-electron chi connectivity index (χ2n) is 7.47. The summed E-state index contributed by atoms with van der Waals surface area (Å²) in [5.74, 6) is -0.885. The first-order valence-corrected chi connectivity index (χ1v) is 10.5. The van der Waals surface area contributed by atoms with Crippen LogP contribution in [0, 0.1) is 5.82 Å². The van der Waals surface area contributed by atoms with E-state index in [2.05, 4.69) is 5.32 Å². The van der Waals surface area contributed by atoms with Crippen molar-refractivity contribution in [1.82, 2.24) is 5.32 Å². The lowest BCUT2D eigenvalue weighted by Gasteiger charge is -2.07. The van der Waals surface area contributed by atoms with Gasteiger partial charge in [-0.05, 0) is 66.9 Å². The molecule has 3 aromatic carbocycles. The average Bonchev–Trinajstić information content (AvgIpc) is 3.20. The summed E-state index contributed by atoms with van der Waals surface area (Å²) >= 11 is 0. The largest absolute Gasteiger partial charge is 0.508 e. The van der Waals surface area contributed by atoms with Crippen LogP contribution in [0.4, 0.5) is 4.39 Å². The third kappa shape index (κ3) is 4.72. The SMILES string of the molecule is CNC(=O)c1c(-c2ccc(F)cc2)oc2cc(CCCOC(=O)c3ccccc3)c(O)cc12. The van der Waals surface area contributed by atoms with Crippen LogP contribution in [0.15, 0.2) is 71.1 Å². The normalized spacial score (nSPS) is 10.8. The van der Waals surface area contributed by atoms with Crippen molar-refractivity contribution >= 4 is 22.8 Å². The van der Waals surface area contributed by atoms with Gasteiger partial charge in [-0.15, -0.1) is 0 Å². The van der Waals surface area contributed by atoms with E-state index in [0.29, 0.717) is 40.5 Å². The molecule has 33 heavy (non-hydrogen) atoms. The number of furan rings is 1. The molecule has 0 saturated carbocycles. The monoisotopic (exact) mass is 447 g/mol. The van der Waals surface area contributed by atoms with Crippen molar-refractivity contribution in [2.45, 2.75) is 12.8 Å². The molecule has 2 N–H and O–H groups in total. The molecule has 0 unspecified atom stereocenters. The molecule has 4 aromatic rings. The fraction of sp³-hybridized carbons (Fsp3) is 0.154. The van der Waals surface area contributed by atoms with Gasteiger partial charge in [0.15, 0.2) is 0 Å². The van der Waals surface area contributed by atoms with Crippen molar-refractivity contribution in [3.05, 3.63) is 89.2 Å². The zero-order valence-electron chi connectivity index (χ0n) is 17.9. The Morgan fingerprint density at radius 1 is 1.06 bits per heavy atom. The van der Waals surface area contributed by atoms with Gasteiger partial charge in [0.2, 0.25) is 0 Å². The Labute approximate surface area is 189 Å². The fourth-order valence-corrected chi connectivity index (χ4v) is 3.61. The zero-order valence-corrected chi connectivity index (χ0v) is 17.9. The molecule has 1 aromatic heterocycles. The summed E-state index contributed by atoms with van der Waals surface area (Å²) in [5, 5.41) is 13.6. The van der Waals surface area contributed by atoms with Crippen molar-refractivity contribution < 1.29 is 28.2 Å². The summed E-state index contributed by atoms with van der Waals surface area (Å²) in [6.45, 7) is 0.188. The molecule has 0 saturated heterocycles. The minimum Gasteiger partial charge on any atom is -0.508 e. The van der Waals surface area contributed by atoms with E-state index < -0.39 is 11.8 Å². The Hall–Kier alpha value is -4.13. The van der Waals surface area contributed by atoms with Crippen molar-refractivity contribution in [1.29, 1.82) is 0 Å². The predicted octanol–water partition coefficient (Wildman–Crippen LogP) is 5.09. The number of rotatable bonds is 7. The van der Waals surface area contributed by atoms with E-state index in [1.165, 1.54) is 37.4 Å². The Morgan fingerprint density at radius 2 is 1.79 bits per heavy atom. The smallest absolute Gasteiger partial charge is 0.338 e. The molecule has 0 aliphatic carbocycles. The number of hydrogen-bond donors (Lipinski definition) is 2. The van der Waals surface area contributed by atoms with Crippen LogP contribution < -0.4 is 5.32 Å². The van der Waals surface area contributed by atoms with E-state index in [1.54, 1.807) is 30.3 Å². The summed E-state index contributed by atoms with van der Waals surface area (Å²) in [6, 6.07) is 17.5. The lowest BCUT2D eigenvalue weighted by Crippen LogP contribution is -2.18. The van der Waals surface area contributed by atoms with E-state index in [1.807, 2.05) is 6.07 Å². The number of amides is 1. The second kappa shape index (κ2) is 9.56. The van der Waals surface area contributed by atoms with E-state index in [9.17, 15) is 19.1 Å². The van der Waals surface area contributed by atoms with Gasteiger partial charge in [0, 0.05) is 18.0 Å². The van der Waals surface area contributed by atoms with Gasteiger partial charge in [0.25, 0.3) is 5.91 Å². The maximum atomic E-state index is 13.4. The molecular weight excluding hydrogens is 425 g/mol. The lowest BCUT2D eigenvalue weighted by atomic mass is 10.0. The van der Waals surface area contributed by atoms with Crippen molar-refractivity contribution in [3.8, 4) is 17.1 Å². The lowest BCUT2D eigenvalue weighted by molar-refractivity contribution is 0.0500. The van der Waals surface area contributed by atoms with Crippen molar-refractivity contribution in [3.63, 3.8) is 0 Å². The third-order valence-electron chi connectivity index (χ3n) is 5.28. The number of phenolic OH excluding ortho intramolecular Hbond substituents is 1. The maximum Gasteiger partial charge on any atom is 0.338 e. The highest BCUT2D eigenvalue weighted by Crippen LogP contribution is 2.37. The minimum absolute atomic E-state index is 0.00787. The highest BCUT2D eigenvalue weighted by atomic mass is 19.1. The highest BCUT2D eigenvalue weighted by Gasteiger charge is 2.23. The number of esters is 1. The molecule has 0 atom stereocenters. The fourth-order valence-electron chi connectivity index (χ4n) is 3.61. The van der Waals surface area contributed by atoms with E-state index in [4.69, 9.17) is 9.15 Å². The summed E-state index contributed by atoms with van der Waals surface area (Å²) in [6.07, 6.45) is 0.928. The van der Waals surface area contributed by atoms with E-state index in [0.717, 1.165) is 0 Å². The first-order chi connectivity index (χ1) is 16.0. The van der Waals surface area contributed by atoms with Gasteiger partial charge in [-0.1, -0.05) is 18.2 Å². The van der Waals surface area contributed by atoms with Crippen LogP contribution in [0.5, 0.6) is 5.75 Å². The van der Waals surface area contributed by atoms with Crippen molar-refractivity contribution in [2.75, 3.05) is 13.7 Å². The van der Waals surface area contributed by atoms with Crippen molar-refractivity contribution in [2.24, 2.45) is 0 Å². The second-order valence-corrected chi connectivity index (χ2v) is 7.47. The van der Waals surface area contributed by atoms with Crippen LogP contribution in [-0.2, 0) is 11.2 Å². The number of aromatic hydroxyl groups is 1. The maximum absolute atomic E-state index is 13.4. The molecule has 0 spiro atoms. The number of aryl methyl sites for hydroxylation is 1. The van der Waals surface area contributed by atoms with E-state index in [-0.39, 0.29) is 29.6 Å². The Morgan fingerprint density at radius 3 is 2.48 bits per heavy atom. The molecule has 168 valence electrons. The topological polar surface area (TPSA) is 88.8 Å². The molecule has 0 aliphatic heterocycles. The van der Waals surface area contributed by atoms with E-state index >= 15 is 0 Å². The number of nitrogens with one attached hydrogen (secondary N) is 1. The molecule has 0 fully saturated rings. The Kier molecular flexibility index (Phi) is 6.40. The average molecular weight is 447 g/mol. The molecule has 7 heteroatoms. The number of phenols is 1. The van der Waals surface area contributed by atoms with Gasteiger partial charge in [-0.3, -0.25) is 4.79 Å². The molecule has 4 rings (SSSR count). The number of benzene rings is 3. The molecule has 0 aliphatic rings. The standard InChI is InChI=1S/C26H22FNO5/c1-28-25(30)23-20-15-21(29)18(8-5-13-32-26(31)17-6-3-2-4-7-17)14-22(20)33-24(23)16-9-11-19(27)12-10-16/h2-4,6-7,9-12,14-15,29H,5,8,13H2,1H3,(H,28,30). The van der Waals surface area contributed by atoms with Crippen LogP contribution in [0.25, 0.3) is 22.3 Å². The van der Waals surface area contributed by atoms with Crippen LogP contribution in [-0.4, -0.2) is 30.6 Å². The number of carbonyl (C=O) groups is 2. The molecule has 1 amide bonds. The molecule has 0 radical (unpaired) electrons. The highest BCUT2D eigenvalue weighted by molar-refractivity contribution is 6.11. The van der Waals surface area contributed by atoms with Gasteiger partial charge in [0.05, 0.1) is 17.7 Å². The first kappa shape index (κ1) is 22.1. The molecule has 1 heterocycles. The third-order valence-corrected chi connectivity index (χ3v) is 5.28. The zero-order chi connectivity index (χ0) is 23.4. The van der Waals surface area contributed by atoms with Gasteiger partial charge in [0.1, 0.15) is 22.9 Å². The quantitative estimate of drug-likeness (QED) is 0.304. The number of fused-ring (bicyclic) bond motifs is 1. The van der Waals surface area contributed by atoms with Crippen LogP contribution in [0.2, 0.25) is 0 Å². The summed E-state index contributed by atoms with van der Waals surface area (Å²) in [4.78, 5) is 24.6. The number of hydrogen-bond acceptors (Lipinski definition) is 5. The van der Waals surface area contributed by atoms with Crippen LogP contribution in [0.3, 0.4) is 0 Å². The summed E-state index contributed by atoms with van der Waals surface area (Å²) in [5.41, 5.74) is 2.30. The summed E-state index contributed by atoms with van der Waals surface area (Å²) in [7, 11) is 1.50. The van der Waals surface area contributed by atoms with Gasteiger partial charge < -0.3 is 19.6 Å². The summed E-state index contributed by atoms with van der Waals surface area (Å²) < 4.78 is 24.6. The Bertz CT molecular complexity index is 1300. The van der Waals surface area contributed by atoms with Crippen LogP contribution in [0.1, 0.15) is 32.7 Å². The van der Waals surface area contributed by atoms with Crippen LogP contribution >= 0.6 is 0 Å². The number of halogens is 1. The van der Waals surface area contributed by atoms with Gasteiger partial charge in [-0.25, -0.2) is 9.18 Å². The molecule has 6 nitrogen and oxygen atoms in total. The van der Waals surface area contributed by atoms with Gasteiger partial charge in [-0.2, -0.15) is 0 Å². The Balaban J connectivity index is 1.55. The number of carbonyl (C=O) groups excluding carboxylic acids is 2.